The van der Waals surface area contributed by atoms with Crippen LogP contribution in [-0.2, 0) is 10.0 Å². The minimum atomic E-state index is -3.51. The van der Waals surface area contributed by atoms with Crippen LogP contribution in [-0.4, -0.2) is 56.3 Å². The molecule has 0 spiro atoms. The van der Waals surface area contributed by atoms with Gasteiger partial charge in [0.1, 0.15) is 4.21 Å². The number of nitrogens with two attached hydrogens (primary N) is 1. The Morgan fingerprint density at radius 3 is 2.68 bits per heavy atom. The van der Waals surface area contributed by atoms with Gasteiger partial charge < -0.3 is 10.6 Å². The van der Waals surface area contributed by atoms with Crippen molar-refractivity contribution in [1.82, 2.24) is 9.21 Å². The van der Waals surface area contributed by atoms with Gasteiger partial charge in [-0.2, -0.15) is 4.31 Å². The molecule has 1 aliphatic heterocycles. The smallest absolute Gasteiger partial charge is 0.252 e. The summed E-state index contributed by atoms with van der Waals surface area (Å²) in [5.41, 5.74) is 5.38. The second-order valence-electron chi connectivity index (χ2n) is 4.71. The molecule has 8 heteroatoms. The molecule has 0 bridgehead atoms. The molecule has 0 radical (unpaired) electrons. The molecule has 1 fully saturated rings. The second-order valence-corrected chi connectivity index (χ2v) is 7.79. The van der Waals surface area contributed by atoms with Crippen molar-refractivity contribution < 1.29 is 13.2 Å². The lowest BCUT2D eigenvalue weighted by Gasteiger charge is -2.36. The lowest BCUT2D eigenvalue weighted by molar-refractivity contribution is 0.100. The molecule has 2 N–H and O–H groups in total. The predicted octanol–water partition coefficient (Wildman–Crippen LogP) is 0.172. The number of hydrogen-bond donors (Lipinski definition) is 1. The predicted molar refractivity (Wildman–Crippen MR) is 73.7 cm³/mol. The van der Waals surface area contributed by atoms with Crippen LogP contribution in [0.25, 0.3) is 0 Å². The minimum Gasteiger partial charge on any atom is -0.366 e. The van der Waals surface area contributed by atoms with Crippen LogP contribution in [0.5, 0.6) is 0 Å². The van der Waals surface area contributed by atoms with E-state index in [0.717, 1.165) is 11.3 Å². The van der Waals surface area contributed by atoms with Crippen molar-refractivity contribution in [2.75, 3.05) is 26.7 Å². The van der Waals surface area contributed by atoms with Gasteiger partial charge in [0.2, 0.25) is 5.91 Å². The molecule has 1 amide bonds. The van der Waals surface area contributed by atoms with Gasteiger partial charge in [0.15, 0.2) is 0 Å². The summed E-state index contributed by atoms with van der Waals surface area (Å²) in [7, 11) is -1.54. The van der Waals surface area contributed by atoms with Crippen molar-refractivity contribution in [2.24, 2.45) is 5.73 Å². The number of nitrogens with zero attached hydrogens (tertiary/aromatic N) is 2. The van der Waals surface area contributed by atoms with Crippen LogP contribution >= 0.6 is 11.3 Å². The van der Waals surface area contributed by atoms with E-state index >= 15 is 0 Å². The number of carbonyl (C=O) groups is 1. The largest absolute Gasteiger partial charge is 0.366 e. The number of rotatable bonds is 3. The molecule has 2 heterocycles. The number of hydrogen-bond acceptors (Lipinski definition) is 5. The Hall–Kier alpha value is -0.960. The number of carbonyl (C=O) groups excluding carboxylic acids is 1. The molecule has 1 atom stereocenters. The zero-order chi connectivity index (χ0) is 14.2. The molecule has 2 rings (SSSR count). The van der Waals surface area contributed by atoms with E-state index in [-0.39, 0.29) is 15.8 Å². The molecule has 0 aliphatic carbocycles. The van der Waals surface area contributed by atoms with Gasteiger partial charge in [0.25, 0.3) is 10.0 Å². The minimum absolute atomic E-state index is 0.179. The van der Waals surface area contributed by atoms with Crippen LogP contribution < -0.4 is 5.73 Å². The van der Waals surface area contributed by atoms with Crippen molar-refractivity contribution in [1.29, 1.82) is 0 Å². The highest BCUT2D eigenvalue weighted by Crippen LogP contribution is 2.25. The first kappa shape index (κ1) is 14.4. The number of amides is 1. The molecule has 0 saturated carbocycles. The molecular formula is C11H17N3O3S2. The molecule has 1 aliphatic rings. The first-order valence-corrected chi connectivity index (χ1v) is 8.23. The summed E-state index contributed by atoms with van der Waals surface area (Å²) in [5, 5.41) is 1.48. The highest BCUT2D eigenvalue weighted by atomic mass is 32.2. The monoisotopic (exact) mass is 303 g/mol. The maximum absolute atomic E-state index is 12.4. The maximum atomic E-state index is 12.4. The summed E-state index contributed by atoms with van der Waals surface area (Å²) in [6, 6.07) is 1.53. The third-order valence-electron chi connectivity index (χ3n) is 3.38. The third kappa shape index (κ3) is 2.81. The second kappa shape index (κ2) is 5.20. The molecular weight excluding hydrogens is 286 g/mol. The van der Waals surface area contributed by atoms with Crippen molar-refractivity contribution >= 4 is 27.3 Å². The number of piperazine rings is 1. The van der Waals surface area contributed by atoms with Gasteiger partial charge in [0.05, 0.1) is 5.56 Å². The van der Waals surface area contributed by atoms with Crippen molar-refractivity contribution in [3.63, 3.8) is 0 Å². The van der Waals surface area contributed by atoms with E-state index in [2.05, 4.69) is 4.90 Å². The zero-order valence-corrected chi connectivity index (χ0v) is 12.5. The summed E-state index contributed by atoms with van der Waals surface area (Å²) in [6.07, 6.45) is 0. The number of primary amides is 1. The molecule has 0 unspecified atom stereocenters. The lowest BCUT2D eigenvalue weighted by Crippen LogP contribution is -2.51. The van der Waals surface area contributed by atoms with E-state index in [1.807, 2.05) is 14.0 Å². The van der Waals surface area contributed by atoms with Crippen molar-refractivity contribution in [3.05, 3.63) is 17.0 Å². The standard InChI is InChI=1S/C11H17N3O3S2/c1-8-6-14(4-3-13(8)2)19(16,17)10-5-9(7-18-10)11(12)15/h5,7-8H,3-4,6H2,1-2H3,(H2,12,15)/t8-/m1/s1. The lowest BCUT2D eigenvalue weighted by atomic mass is 10.2. The summed E-state index contributed by atoms with van der Waals surface area (Å²) in [6.45, 7) is 3.62. The molecule has 6 nitrogen and oxygen atoms in total. The van der Waals surface area contributed by atoms with Gasteiger partial charge in [-0.25, -0.2) is 8.42 Å². The van der Waals surface area contributed by atoms with Gasteiger partial charge >= 0.3 is 0 Å². The summed E-state index contributed by atoms with van der Waals surface area (Å²) < 4.78 is 26.5. The van der Waals surface area contributed by atoms with E-state index in [1.54, 1.807) is 0 Å². The normalized spacial score (nSPS) is 22.5. The van der Waals surface area contributed by atoms with Gasteiger partial charge in [-0.3, -0.25) is 4.79 Å². The molecule has 19 heavy (non-hydrogen) atoms. The number of thiophene rings is 1. The number of likely N-dealkylation sites (N-methyl/N-ethyl adjacent to an activating group) is 1. The fourth-order valence-corrected chi connectivity index (χ4v) is 4.78. The molecule has 1 aromatic rings. The Bertz CT molecular complexity index is 582. The van der Waals surface area contributed by atoms with Gasteiger partial charge in [-0.15, -0.1) is 11.3 Å². The van der Waals surface area contributed by atoms with Crippen LogP contribution in [0.2, 0.25) is 0 Å². The van der Waals surface area contributed by atoms with Gasteiger partial charge in [-0.05, 0) is 20.0 Å². The van der Waals surface area contributed by atoms with Crippen molar-refractivity contribution in [2.45, 2.75) is 17.2 Å². The van der Waals surface area contributed by atoms with Gasteiger partial charge in [0, 0.05) is 31.1 Å². The Labute approximate surface area is 116 Å². The average molecular weight is 303 g/mol. The fourth-order valence-electron chi connectivity index (χ4n) is 1.94. The van der Waals surface area contributed by atoms with E-state index in [1.165, 1.54) is 15.8 Å². The number of sulfonamides is 1. The van der Waals surface area contributed by atoms with E-state index in [9.17, 15) is 13.2 Å². The first-order chi connectivity index (χ1) is 8.82. The van der Waals surface area contributed by atoms with Crippen molar-refractivity contribution in [3.8, 4) is 0 Å². The van der Waals surface area contributed by atoms with Crippen LogP contribution in [0.4, 0.5) is 0 Å². The van der Waals surface area contributed by atoms with E-state index < -0.39 is 15.9 Å². The molecule has 106 valence electrons. The quantitative estimate of drug-likeness (QED) is 0.863. The van der Waals surface area contributed by atoms with Gasteiger partial charge in [-0.1, -0.05) is 0 Å². The van der Waals surface area contributed by atoms with E-state index in [0.29, 0.717) is 19.6 Å². The summed E-state index contributed by atoms with van der Waals surface area (Å²) in [5.74, 6) is -0.607. The zero-order valence-electron chi connectivity index (χ0n) is 10.9. The SMILES string of the molecule is C[C@@H]1CN(S(=O)(=O)c2cc(C(N)=O)cs2)CCN1C. The summed E-state index contributed by atoms with van der Waals surface area (Å²) in [4.78, 5) is 13.1. The fraction of sp³-hybridized carbons (Fsp3) is 0.545. The average Bonchev–Trinajstić information content (AvgIpc) is 2.82. The molecule has 1 aromatic heterocycles. The van der Waals surface area contributed by atoms with E-state index in [4.69, 9.17) is 5.73 Å². The Kier molecular flexibility index (Phi) is 3.95. The van der Waals surface area contributed by atoms with Crippen LogP contribution in [0.3, 0.4) is 0 Å². The Morgan fingerprint density at radius 2 is 2.16 bits per heavy atom. The topological polar surface area (TPSA) is 83.7 Å². The van der Waals surface area contributed by atoms with Crippen LogP contribution in [0.15, 0.2) is 15.7 Å². The highest BCUT2D eigenvalue weighted by Gasteiger charge is 2.32. The maximum Gasteiger partial charge on any atom is 0.252 e. The summed E-state index contributed by atoms with van der Waals surface area (Å²) >= 11 is 1.04. The Morgan fingerprint density at radius 1 is 1.47 bits per heavy atom. The molecule has 0 aromatic carbocycles. The van der Waals surface area contributed by atoms with Crippen LogP contribution in [0.1, 0.15) is 17.3 Å². The first-order valence-electron chi connectivity index (χ1n) is 5.91. The van der Waals surface area contributed by atoms with Crippen LogP contribution in [0, 0.1) is 0 Å². The molecule has 1 saturated heterocycles. The third-order valence-corrected chi connectivity index (χ3v) is 6.66. The Balaban J connectivity index is 2.24. The highest BCUT2D eigenvalue weighted by molar-refractivity contribution is 7.91.